The molecule has 1 fully saturated rings. The van der Waals surface area contributed by atoms with Crippen LogP contribution in [0.25, 0.3) is 0 Å². The Labute approximate surface area is 121 Å². The van der Waals surface area contributed by atoms with Crippen LogP contribution >= 0.6 is 11.3 Å². The Bertz CT molecular complexity index is 615. The van der Waals surface area contributed by atoms with Crippen LogP contribution in [0, 0.1) is 0 Å². The van der Waals surface area contributed by atoms with Crippen LogP contribution in [0.2, 0.25) is 0 Å². The Balaban J connectivity index is 1.81. The highest BCUT2D eigenvalue weighted by atomic mass is 32.1. The molecule has 1 aliphatic carbocycles. The van der Waals surface area contributed by atoms with E-state index in [4.69, 9.17) is 5.73 Å². The first-order valence-corrected chi connectivity index (χ1v) is 7.62. The summed E-state index contributed by atoms with van der Waals surface area (Å²) in [5.41, 5.74) is 7.85. The molecule has 1 atom stereocenters. The molecule has 1 amide bonds. The van der Waals surface area contributed by atoms with Gasteiger partial charge in [-0.05, 0) is 31.2 Å². The van der Waals surface area contributed by atoms with E-state index in [9.17, 15) is 4.79 Å². The molecular weight excluding hydrogens is 272 g/mol. The van der Waals surface area contributed by atoms with E-state index in [0.29, 0.717) is 17.3 Å². The Morgan fingerprint density at radius 3 is 2.95 bits per heavy atom. The number of anilines is 1. The fraction of sp³-hybridized carbons (Fsp3) is 0.429. The van der Waals surface area contributed by atoms with Gasteiger partial charge in [0.05, 0.1) is 17.4 Å². The molecule has 1 unspecified atom stereocenters. The highest BCUT2D eigenvalue weighted by Gasteiger charge is 2.31. The van der Waals surface area contributed by atoms with Gasteiger partial charge < -0.3 is 10.6 Å². The van der Waals surface area contributed by atoms with Gasteiger partial charge in [-0.25, -0.2) is 0 Å². The number of H-pyrrole nitrogens is 1. The molecular formula is C14H18N4OS. The first-order valence-electron chi connectivity index (χ1n) is 6.74. The third-order valence-corrected chi connectivity index (χ3v) is 4.92. The zero-order valence-corrected chi connectivity index (χ0v) is 12.4. The van der Waals surface area contributed by atoms with E-state index in [1.807, 2.05) is 24.4 Å². The molecule has 1 saturated carbocycles. The number of amides is 1. The normalized spacial score (nSPS) is 16.1. The molecule has 3 N–H and O–H groups in total. The first-order chi connectivity index (χ1) is 9.59. The van der Waals surface area contributed by atoms with Crippen LogP contribution in [0.5, 0.6) is 0 Å². The summed E-state index contributed by atoms with van der Waals surface area (Å²) in [6.07, 6.45) is 2.25. The highest BCUT2D eigenvalue weighted by Crippen LogP contribution is 2.42. The number of rotatable bonds is 4. The second kappa shape index (κ2) is 4.94. The number of carbonyl (C=O) groups is 1. The molecule has 106 valence electrons. The lowest BCUT2D eigenvalue weighted by atomic mass is 10.2. The molecule has 2 aromatic heterocycles. The minimum atomic E-state index is -0.133. The minimum Gasteiger partial charge on any atom is -0.395 e. The number of nitrogens with one attached hydrogen (secondary N) is 1. The summed E-state index contributed by atoms with van der Waals surface area (Å²) in [6, 6.07) is 4.04. The molecule has 20 heavy (non-hydrogen) atoms. The van der Waals surface area contributed by atoms with Gasteiger partial charge in [0.1, 0.15) is 0 Å². The van der Waals surface area contributed by atoms with Crippen LogP contribution < -0.4 is 5.73 Å². The zero-order valence-electron chi connectivity index (χ0n) is 11.6. The van der Waals surface area contributed by atoms with E-state index in [2.05, 4.69) is 10.2 Å². The number of carbonyl (C=O) groups excluding carboxylic acids is 1. The number of aromatic nitrogens is 2. The molecule has 2 heterocycles. The molecule has 0 saturated heterocycles. The smallest absolute Gasteiger partial charge is 0.276 e. The summed E-state index contributed by atoms with van der Waals surface area (Å²) in [4.78, 5) is 15.4. The van der Waals surface area contributed by atoms with Crippen molar-refractivity contribution < 1.29 is 4.79 Å². The summed E-state index contributed by atoms with van der Waals surface area (Å²) in [6.45, 7) is 2.01. The summed E-state index contributed by atoms with van der Waals surface area (Å²) in [5.74, 6) is 0.329. The Hall–Kier alpha value is -1.82. The average Bonchev–Trinajstić information content (AvgIpc) is 3.00. The van der Waals surface area contributed by atoms with Crippen molar-refractivity contribution in [3.8, 4) is 0 Å². The SMILES string of the molecule is CC(c1cccs1)N(C)C(=O)c1n[nH]c(C2CC2)c1N. The van der Waals surface area contributed by atoms with Crippen molar-refractivity contribution in [2.24, 2.45) is 0 Å². The van der Waals surface area contributed by atoms with Crippen LogP contribution in [0.1, 0.15) is 52.8 Å². The van der Waals surface area contributed by atoms with Gasteiger partial charge in [-0.3, -0.25) is 9.89 Å². The molecule has 0 aromatic carbocycles. The van der Waals surface area contributed by atoms with Crippen LogP contribution in [0.15, 0.2) is 17.5 Å². The van der Waals surface area contributed by atoms with Crippen LogP contribution in [0.4, 0.5) is 5.69 Å². The maximum atomic E-state index is 12.5. The van der Waals surface area contributed by atoms with Gasteiger partial charge in [0.15, 0.2) is 5.69 Å². The summed E-state index contributed by atoms with van der Waals surface area (Å²) in [5, 5.41) is 9.06. The fourth-order valence-electron chi connectivity index (χ4n) is 2.27. The zero-order chi connectivity index (χ0) is 14.3. The summed E-state index contributed by atoms with van der Waals surface area (Å²) >= 11 is 1.64. The van der Waals surface area contributed by atoms with Gasteiger partial charge in [0.2, 0.25) is 0 Å². The Morgan fingerprint density at radius 1 is 1.60 bits per heavy atom. The quantitative estimate of drug-likeness (QED) is 0.909. The molecule has 1 aliphatic rings. The number of nitrogens with two attached hydrogens (primary N) is 1. The minimum absolute atomic E-state index is 0.0166. The second-order valence-corrected chi connectivity index (χ2v) is 6.26. The number of nitrogen functional groups attached to an aromatic ring is 1. The first kappa shape index (κ1) is 13.2. The van der Waals surface area contributed by atoms with Crippen LogP contribution in [-0.4, -0.2) is 28.1 Å². The van der Waals surface area contributed by atoms with Gasteiger partial charge in [-0.15, -0.1) is 11.3 Å². The van der Waals surface area contributed by atoms with Crippen molar-refractivity contribution in [3.63, 3.8) is 0 Å². The Kier molecular flexibility index (Phi) is 3.25. The number of aromatic amines is 1. The lowest BCUT2D eigenvalue weighted by molar-refractivity contribution is 0.0740. The van der Waals surface area contributed by atoms with Gasteiger partial charge in [-0.2, -0.15) is 5.10 Å². The van der Waals surface area contributed by atoms with E-state index >= 15 is 0 Å². The number of nitrogens with zero attached hydrogens (tertiary/aromatic N) is 2. The van der Waals surface area contributed by atoms with Crippen molar-refractivity contribution in [1.82, 2.24) is 15.1 Å². The van der Waals surface area contributed by atoms with Crippen LogP contribution in [-0.2, 0) is 0 Å². The molecule has 3 rings (SSSR count). The van der Waals surface area contributed by atoms with Crippen molar-refractivity contribution in [2.45, 2.75) is 31.7 Å². The molecule has 0 spiro atoms. The lowest BCUT2D eigenvalue weighted by Gasteiger charge is -2.23. The largest absolute Gasteiger partial charge is 0.395 e. The van der Waals surface area contributed by atoms with E-state index in [0.717, 1.165) is 23.4 Å². The van der Waals surface area contributed by atoms with E-state index in [1.165, 1.54) is 0 Å². The van der Waals surface area contributed by atoms with E-state index < -0.39 is 0 Å². The van der Waals surface area contributed by atoms with Crippen molar-refractivity contribution in [1.29, 1.82) is 0 Å². The molecule has 6 heteroatoms. The van der Waals surface area contributed by atoms with Gasteiger partial charge in [0, 0.05) is 17.8 Å². The van der Waals surface area contributed by atoms with Crippen molar-refractivity contribution >= 4 is 22.9 Å². The predicted molar refractivity (Wildman–Crippen MR) is 79.8 cm³/mol. The molecule has 0 radical (unpaired) electrons. The standard InChI is InChI=1S/C14H18N4OS/c1-8(10-4-3-7-20-10)18(2)14(19)13-11(15)12(16-17-13)9-5-6-9/h3-4,7-9H,5-6,15H2,1-2H3,(H,16,17). The van der Waals surface area contributed by atoms with Gasteiger partial charge in [-0.1, -0.05) is 6.07 Å². The van der Waals surface area contributed by atoms with Crippen LogP contribution in [0.3, 0.4) is 0 Å². The highest BCUT2D eigenvalue weighted by molar-refractivity contribution is 7.10. The Morgan fingerprint density at radius 2 is 2.35 bits per heavy atom. The van der Waals surface area contributed by atoms with Crippen molar-refractivity contribution in [2.75, 3.05) is 12.8 Å². The third kappa shape index (κ3) is 2.20. The summed E-state index contributed by atoms with van der Waals surface area (Å²) in [7, 11) is 1.79. The molecule has 5 nitrogen and oxygen atoms in total. The maximum absolute atomic E-state index is 12.5. The molecule has 0 aliphatic heterocycles. The monoisotopic (exact) mass is 290 g/mol. The van der Waals surface area contributed by atoms with E-state index in [1.54, 1.807) is 23.3 Å². The third-order valence-electron chi connectivity index (χ3n) is 3.88. The number of hydrogen-bond donors (Lipinski definition) is 2. The predicted octanol–water partition coefficient (Wildman–Crippen LogP) is 2.76. The summed E-state index contributed by atoms with van der Waals surface area (Å²) < 4.78 is 0. The average molecular weight is 290 g/mol. The number of thiophene rings is 1. The van der Waals surface area contributed by atoms with Gasteiger partial charge >= 0.3 is 0 Å². The molecule has 2 aromatic rings. The lowest BCUT2D eigenvalue weighted by Crippen LogP contribution is -2.30. The topological polar surface area (TPSA) is 75.0 Å². The van der Waals surface area contributed by atoms with E-state index in [-0.39, 0.29) is 11.9 Å². The number of hydrogen-bond acceptors (Lipinski definition) is 4. The molecule has 0 bridgehead atoms. The van der Waals surface area contributed by atoms with Gasteiger partial charge in [0.25, 0.3) is 5.91 Å². The maximum Gasteiger partial charge on any atom is 0.276 e. The fourth-order valence-corrected chi connectivity index (χ4v) is 3.10. The van der Waals surface area contributed by atoms with Crippen molar-refractivity contribution in [3.05, 3.63) is 33.8 Å². The second-order valence-electron chi connectivity index (χ2n) is 5.28.